The quantitative estimate of drug-likeness (QED) is 0.884. The third-order valence-corrected chi connectivity index (χ3v) is 2.40. The monoisotopic (exact) mass is 253 g/mol. The average molecular weight is 254 g/mol. The van der Waals surface area contributed by atoms with Gasteiger partial charge in [0.2, 0.25) is 5.91 Å². The second kappa shape index (κ2) is 5.54. The standard InChI is InChI=1S/C11H12ClN3O2/c12-9-6-14-15(8-9)4-3-11(16)13-7-10-2-1-5-17-10/h1-2,5-6,8H,3-4,7H2,(H,13,16). The molecule has 0 saturated carbocycles. The van der Waals surface area contributed by atoms with Crippen molar-refractivity contribution < 1.29 is 9.21 Å². The van der Waals surface area contributed by atoms with Crippen molar-refractivity contribution in [1.82, 2.24) is 15.1 Å². The molecule has 0 radical (unpaired) electrons. The van der Waals surface area contributed by atoms with E-state index in [0.717, 1.165) is 5.76 Å². The van der Waals surface area contributed by atoms with E-state index in [1.165, 1.54) is 0 Å². The molecule has 2 aromatic heterocycles. The summed E-state index contributed by atoms with van der Waals surface area (Å²) in [7, 11) is 0. The van der Waals surface area contributed by atoms with Crippen molar-refractivity contribution in [2.45, 2.75) is 19.5 Å². The number of aryl methyl sites for hydroxylation is 1. The zero-order valence-corrected chi connectivity index (χ0v) is 9.85. The van der Waals surface area contributed by atoms with E-state index >= 15 is 0 Å². The first-order valence-corrected chi connectivity index (χ1v) is 5.59. The Bertz CT molecular complexity index is 479. The number of amides is 1. The van der Waals surface area contributed by atoms with Gasteiger partial charge in [-0.3, -0.25) is 9.48 Å². The summed E-state index contributed by atoms with van der Waals surface area (Å²) in [5.74, 6) is 0.688. The van der Waals surface area contributed by atoms with Crippen molar-refractivity contribution >= 4 is 17.5 Å². The Labute approximate surface area is 103 Å². The zero-order chi connectivity index (χ0) is 12.1. The minimum absolute atomic E-state index is 0.0481. The molecule has 0 aliphatic heterocycles. The molecular weight excluding hydrogens is 242 g/mol. The summed E-state index contributed by atoms with van der Waals surface area (Å²) in [6.07, 6.45) is 5.16. The van der Waals surface area contributed by atoms with Gasteiger partial charge in [0, 0.05) is 19.2 Å². The van der Waals surface area contributed by atoms with Crippen molar-refractivity contribution in [2.75, 3.05) is 0 Å². The summed E-state index contributed by atoms with van der Waals surface area (Å²) in [6, 6.07) is 3.60. The Hall–Kier alpha value is -1.75. The summed E-state index contributed by atoms with van der Waals surface area (Å²) >= 11 is 5.71. The highest BCUT2D eigenvalue weighted by atomic mass is 35.5. The first-order chi connectivity index (χ1) is 8.24. The van der Waals surface area contributed by atoms with Crippen LogP contribution in [0.5, 0.6) is 0 Å². The Morgan fingerprint density at radius 1 is 1.59 bits per heavy atom. The molecule has 6 heteroatoms. The van der Waals surface area contributed by atoms with E-state index in [1.807, 2.05) is 6.07 Å². The fraction of sp³-hybridized carbons (Fsp3) is 0.273. The topological polar surface area (TPSA) is 60.1 Å². The summed E-state index contributed by atoms with van der Waals surface area (Å²) < 4.78 is 6.73. The van der Waals surface area contributed by atoms with Crippen molar-refractivity contribution in [2.24, 2.45) is 0 Å². The molecule has 17 heavy (non-hydrogen) atoms. The Kier molecular flexibility index (Phi) is 3.82. The van der Waals surface area contributed by atoms with Gasteiger partial charge in [0.05, 0.1) is 24.0 Å². The molecule has 0 saturated heterocycles. The maximum Gasteiger partial charge on any atom is 0.222 e. The number of nitrogens with one attached hydrogen (secondary N) is 1. The average Bonchev–Trinajstić information content (AvgIpc) is 2.95. The van der Waals surface area contributed by atoms with Gasteiger partial charge >= 0.3 is 0 Å². The third kappa shape index (κ3) is 3.64. The number of halogens is 1. The molecule has 0 atom stereocenters. The maximum atomic E-state index is 11.5. The summed E-state index contributed by atoms with van der Waals surface area (Å²) in [5, 5.41) is 7.31. The van der Waals surface area contributed by atoms with E-state index in [0.29, 0.717) is 24.5 Å². The molecule has 2 aromatic rings. The minimum atomic E-state index is -0.0481. The highest BCUT2D eigenvalue weighted by molar-refractivity contribution is 6.30. The number of rotatable bonds is 5. The number of hydrogen-bond acceptors (Lipinski definition) is 3. The Balaban J connectivity index is 1.71. The molecule has 1 N–H and O–H groups in total. The van der Waals surface area contributed by atoms with Crippen LogP contribution in [-0.2, 0) is 17.9 Å². The molecule has 0 aliphatic carbocycles. The highest BCUT2D eigenvalue weighted by Gasteiger charge is 2.03. The molecule has 0 spiro atoms. The number of nitrogens with zero attached hydrogens (tertiary/aromatic N) is 2. The van der Waals surface area contributed by atoms with Crippen LogP contribution in [0.15, 0.2) is 35.2 Å². The van der Waals surface area contributed by atoms with Gasteiger partial charge in [-0.15, -0.1) is 0 Å². The lowest BCUT2D eigenvalue weighted by atomic mass is 10.4. The van der Waals surface area contributed by atoms with Crippen LogP contribution in [0.1, 0.15) is 12.2 Å². The molecule has 0 aromatic carbocycles. The molecule has 2 rings (SSSR count). The minimum Gasteiger partial charge on any atom is -0.467 e. The fourth-order valence-electron chi connectivity index (χ4n) is 1.36. The lowest BCUT2D eigenvalue weighted by Crippen LogP contribution is -2.23. The number of carbonyl (C=O) groups is 1. The van der Waals surface area contributed by atoms with Crippen LogP contribution < -0.4 is 5.32 Å². The van der Waals surface area contributed by atoms with Gasteiger partial charge in [-0.25, -0.2) is 0 Å². The van der Waals surface area contributed by atoms with Gasteiger partial charge in [-0.2, -0.15) is 5.10 Å². The number of hydrogen-bond donors (Lipinski definition) is 1. The largest absolute Gasteiger partial charge is 0.467 e. The maximum absolute atomic E-state index is 11.5. The lowest BCUT2D eigenvalue weighted by molar-refractivity contribution is -0.121. The SMILES string of the molecule is O=C(CCn1cc(Cl)cn1)NCc1ccco1. The molecule has 1 amide bonds. The van der Waals surface area contributed by atoms with Gasteiger partial charge in [0.15, 0.2) is 0 Å². The van der Waals surface area contributed by atoms with E-state index < -0.39 is 0 Å². The van der Waals surface area contributed by atoms with Gasteiger partial charge in [0.25, 0.3) is 0 Å². The van der Waals surface area contributed by atoms with Gasteiger partial charge in [0.1, 0.15) is 5.76 Å². The van der Waals surface area contributed by atoms with Crippen molar-refractivity contribution in [3.05, 3.63) is 41.6 Å². The molecule has 90 valence electrons. The van der Waals surface area contributed by atoms with Crippen LogP contribution in [0.2, 0.25) is 5.02 Å². The van der Waals surface area contributed by atoms with Crippen LogP contribution in [0.3, 0.4) is 0 Å². The van der Waals surface area contributed by atoms with E-state index in [4.69, 9.17) is 16.0 Å². The van der Waals surface area contributed by atoms with Gasteiger partial charge in [-0.05, 0) is 12.1 Å². The predicted molar refractivity (Wildman–Crippen MR) is 62.4 cm³/mol. The van der Waals surface area contributed by atoms with Crippen LogP contribution in [0.4, 0.5) is 0 Å². The molecular formula is C11H12ClN3O2. The zero-order valence-electron chi connectivity index (χ0n) is 9.10. The van der Waals surface area contributed by atoms with Crippen LogP contribution in [-0.4, -0.2) is 15.7 Å². The molecule has 2 heterocycles. The lowest BCUT2D eigenvalue weighted by Gasteiger charge is -2.03. The Morgan fingerprint density at radius 3 is 3.12 bits per heavy atom. The van der Waals surface area contributed by atoms with Crippen LogP contribution in [0.25, 0.3) is 0 Å². The number of furan rings is 1. The van der Waals surface area contributed by atoms with E-state index in [1.54, 1.807) is 29.4 Å². The first-order valence-electron chi connectivity index (χ1n) is 5.21. The van der Waals surface area contributed by atoms with Gasteiger partial charge < -0.3 is 9.73 Å². The number of aromatic nitrogens is 2. The van der Waals surface area contributed by atoms with E-state index in [-0.39, 0.29) is 5.91 Å². The molecule has 0 fully saturated rings. The Morgan fingerprint density at radius 2 is 2.47 bits per heavy atom. The highest BCUT2D eigenvalue weighted by Crippen LogP contribution is 2.05. The van der Waals surface area contributed by atoms with Crippen molar-refractivity contribution in [1.29, 1.82) is 0 Å². The van der Waals surface area contributed by atoms with E-state index in [2.05, 4.69) is 10.4 Å². The summed E-state index contributed by atoms with van der Waals surface area (Å²) in [6.45, 7) is 0.919. The second-order valence-corrected chi connectivity index (χ2v) is 3.96. The predicted octanol–water partition coefficient (Wildman–Crippen LogP) is 1.84. The van der Waals surface area contributed by atoms with Crippen LogP contribution >= 0.6 is 11.6 Å². The van der Waals surface area contributed by atoms with Crippen LogP contribution in [0, 0.1) is 0 Å². The van der Waals surface area contributed by atoms with Crippen molar-refractivity contribution in [3.63, 3.8) is 0 Å². The molecule has 0 bridgehead atoms. The fourth-order valence-corrected chi connectivity index (χ4v) is 1.52. The van der Waals surface area contributed by atoms with E-state index in [9.17, 15) is 4.79 Å². The molecule has 5 nitrogen and oxygen atoms in total. The van der Waals surface area contributed by atoms with Crippen molar-refractivity contribution in [3.8, 4) is 0 Å². The summed E-state index contributed by atoms with van der Waals surface area (Å²) in [4.78, 5) is 11.5. The third-order valence-electron chi connectivity index (χ3n) is 2.21. The normalized spacial score (nSPS) is 10.4. The molecule has 0 aliphatic rings. The second-order valence-electron chi connectivity index (χ2n) is 3.53. The smallest absolute Gasteiger partial charge is 0.222 e. The number of carbonyl (C=O) groups excluding carboxylic acids is 1. The first kappa shape index (κ1) is 11.7. The summed E-state index contributed by atoms with van der Waals surface area (Å²) in [5.41, 5.74) is 0. The molecule has 0 unspecified atom stereocenters. The van der Waals surface area contributed by atoms with Gasteiger partial charge in [-0.1, -0.05) is 11.6 Å².